The van der Waals surface area contributed by atoms with Crippen LogP contribution in [0.5, 0.6) is 5.75 Å². The van der Waals surface area contributed by atoms with Crippen LogP contribution in [-0.2, 0) is 22.6 Å². The lowest BCUT2D eigenvalue weighted by atomic mass is 10.0. The second-order valence-corrected chi connectivity index (χ2v) is 10.1. The molecule has 0 spiro atoms. The molecule has 2 amide bonds. The highest BCUT2D eigenvalue weighted by Crippen LogP contribution is 2.33. The molecule has 0 aliphatic carbocycles. The summed E-state index contributed by atoms with van der Waals surface area (Å²) in [6.07, 6.45) is 1.22. The van der Waals surface area contributed by atoms with Crippen LogP contribution in [0.25, 0.3) is 10.8 Å². The highest BCUT2D eigenvalue weighted by molar-refractivity contribution is 9.10. The minimum absolute atomic E-state index is 0.162. The van der Waals surface area contributed by atoms with E-state index in [0.717, 1.165) is 38.4 Å². The molecule has 4 aromatic carbocycles. The van der Waals surface area contributed by atoms with Crippen molar-refractivity contribution in [1.82, 2.24) is 10.2 Å². The van der Waals surface area contributed by atoms with Crippen LogP contribution < -0.4 is 10.1 Å². The molecule has 0 aliphatic heterocycles. The van der Waals surface area contributed by atoms with Gasteiger partial charge < -0.3 is 15.0 Å². The highest BCUT2D eigenvalue weighted by atomic mass is 79.9. The van der Waals surface area contributed by atoms with Crippen molar-refractivity contribution in [2.45, 2.75) is 39.3 Å². The summed E-state index contributed by atoms with van der Waals surface area (Å²) in [5, 5.41) is 5.10. The second-order valence-electron chi connectivity index (χ2n) is 9.33. The van der Waals surface area contributed by atoms with Gasteiger partial charge in [-0.15, -0.1) is 0 Å². The highest BCUT2D eigenvalue weighted by Gasteiger charge is 2.31. The van der Waals surface area contributed by atoms with Gasteiger partial charge in [0.2, 0.25) is 5.91 Å². The van der Waals surface area contributed by atoms with Crippen LogP contribution >= 0.6 is 15.9 Å². The summed E-state index contributed by atoms with van der Waals surface area (Å²) < 4.78 is 6.85. The van der Waals surface area contributed by atoms with Crippen molar-refractivity contribution in [3.8, 4) is 5.75 Å². The molecule has 0 bridgehead atoms. The molecule has 1 atom stereocenters. The van der Waals surface area contributed by atoms with Gasteiger partial charge in [-0.05, 0) is 62.8 Å². The van der Waals surface area contributed by atoms with Gasteiger partial charge in [0.15, 0.2) is 6.61 Å². The number of halogens is 1. The van der Waals surface area contributed by atoms with Crippen LogP contribution in [0.1, 0.15) is 30.0 Å². The van der Waals surface area contributed by atoms with Gasteiger partial charge in [-0.3, -0.25) is 9.59 Å². The van der Waals surface area contributed by atoms with E-state index in [1.807, 2.05) is 105 Å². The predicted molar refractivity (Wildman–Crippen MR) is 156 cm³/mol. The number of ether oxygens (including phenoxy) is 1. The average Bonchev–Trinajstić information content (AvgIpc) is 2.94. The van der Waals surface area contributed by atoms with E-state index in [2.05, 4.69) is 21.2 Å². The van der Waals surface area contributed by atoms with Crippen LogP contribution in [0.4, 0.5) is 0 Å². The summed E-state index contributed by atoms with van der Waals surface area (Å²) in [5.41, 5.74) is 3.05. The summed E-state index contributed by atoms with van der Waals surface area (Å²) in [6, 6.07) is 28.9. The Morgan fingerprint density at radius 1 is 0.921 bits per heavy atom. The maximum absolute atomic E-state index is 13.8. The molecule has 1 unspecified atom stereocenters. The number of hydrogen-bond donors (Lipinski definition) is 1. The quantitative estimate of drug-likeness (QED) is 0.224. The number of aryl methyl sites for hydroxylation is 1. The van der Waals surface area contributed by atoms with Crippen molar-refractivity contribution in [2.24, 2.45) is 0 Å². The molecule has 196 valence electrons. The Labute approximate surface area is 232 Å². The van der Waals surface area contributed by atoms with Crippen LogP contribution in [0.2, 0.25) is 0 Å². The molecule has 0 aliphatic rings. The Balaban J connectivity index is 1.64. The molecule has 5 nitrogen and oxygen atoms in total. The van der Waals surface area contributed by atoms with Gasteiger partial charge in [0.25, 0.3) is 5.91 Å². The first-order chi connectivity index (χ1) is 18.5. The lowest BCUT2D eigenvalue weighted by molar-refractivity contribution is -0.142. The largest absolute Gasteiger partial charge is 0.483 e. The minimum Gasteiger partial charge on any atom is -0.483 e. The lowest BCUT2D eigenvalue weighted by Gasteiger charge is -2.32. The van der Waals surface area contributed by atoms with Crippen molar-refractivity contribution in [1.29, 1.82) is 0 Å². The van der Waals surface area contributed by atoms with Crippen molar-refractivity contribution in [2.75, 3.05) is 13.2 Å². The van der Waals surface area contributed by atoms with Crippen molar-refractivity contribution in [3.63, 3.8) is 0 Å². The minimum atomic E-state index is -0.681. The monoisotopic (exact) mass is 572 g/mol. The fourth-order valence-corrected chi connectivity index (χ4v) is 5.05. The summed E-state index contributed by atoms with van der Waals surface area (Å²) >= 11 is 3.64. The van der Waals surface area contributed by atoms with E-state index in [-0.39, 0.29) is 18.4 Å². The van der Waals surface area contributed by atoms with Crippen molar-refractivity contribution < 1.29 is 14.3 Å². The molecular weight excluding hydrogens is 540 g/mol. The average molecular weight is 574 g/mol. The van der Waals surface area contributed by atoms with Crippen molar-refractivity contribution >= 4 is 38.5 Å². The first kappa shape index (κ1) is 27.4. The molecular formula is C32H33BrN2O3. The van der Waals surface area contributed by atoms with Gasteiger partial charge in [-0.25, -0.2) is 0 Å². The number of hydrogen-bond acceptors (Lipinski definition) is 3. The zero-order valence-electron chi connectivity index (χ0n) is 21.8. The Bertz CT molecular complexity index is 1390. The fraction of sp³-hybridized carbons (Fsp3) is 0.250. The number of rotatable bonds is 11. The lowest BCUT2D eigenvalue weighted by Crippen LogP contribution is -2.51. The first-order valence-corrected chi connectivity index (χ1v) is 13.7. The van der Waals surface area contributed by atoms with E-state index in [4.69, 9.17) is 4.74 Å². The van der Waals surface area contributed by atoms with Crippen LogP contribution in [0.3, 0.4) is 0 Å². The van der Waals surface area contributed by atoms with Gasteiger partial charge in [0.1, 0.15) is 11.8 Å². The van der Waals surface area contributed by atoms with Gasteiger partial charge >= 0.3 is 0 Å². The molecule has 0 fully saturated rings. The topological polar surface area (TPSA) is 58.6 Å². The molecule has 0 saturated heterocycles. The normalized spacial score (nSPS) is 11.7. The Morgan fingerprint density at radius 3 is 2.39 bits per heavy atom. The third-order valence-corrected chi connectivity index (χ3v) is 7.42. The summed E-state index contributed by atoms with van der Waals surface area (Å²) in [5.74, 6) is 0.174. The van der Waals surface area contributed by atoms with Gasteiger partial charge in [-0.2, -0.15) is 0 Å². The van der Waals surface area contributed by atoms with E-state index >= 15 is 0 Å². The second kappa shape index (κ2) is 13.2. The van der Waals surface area contributed by atoms with Crippen LogP contribution in [0, 0.1) is 6.92 Å². The standard InChI is InChI=1S/C32H33BrN2O3/c1-3-19-34-32(37)28(20-24-12-5-4-6-13-24)35(21-26-15-8-7-11-23(26)2)30(36)22-38-29-18-17-25-14-9-10-16-27(25)31(29)33/h4-18,28H,3,19-22H2,1-2H3,(H,34,37). The number of carbonyl (C=O) groups is 2. The van der Waals surface area contributed by atoms with Crippen LogP contribution in [0.15, 0.2) is 95.5 Å². The van der Waals surface area contributed by atoms with E-state index < -0.39 is 6.04 Å². The molecule has 1 N–H and O–H groups in total. The molecule has 0 radical (unpaired) electrons. The SMILES string of the molecule is CCCNC(=O)C(Cc1ccccc1)N(Cc1ccccc1C)C(=O)COc1ccc2ccccc2c1Br. The number of amides is 2. The molecule has 4 rings (SSSR count). The zero-order chi connectivity index (χ0) is 26.9. The molecule has 6 heteroatoms. The molecule has 0 heterocycles. The smallest absolute Gasteiger partial charge is 0.261 e. The number of nitrogens with one attached hydrogen (secondary N) is 1. The Hall–Kier alpha value is -3.64. The summed E-state index contributed by atoms with van der Waals surface area (Å²) in [6.45, 7) is 4.71. The van der Waals surface area contributed by atoms with E-state index in [9.17, 15) is 9.59 Å². The fourth-order valence-electron chi connectivity index (χ4n) is 4.44. The number of fused-ring (bicyclic) bond motifs is 1. The molecule has 0 aromatic heterocycles. The number of benzene rings is 4. The zero-order valence-corrected chi connectivity index (χ0v) is 23.4. The van der Waals surface area contributed by atoms with Crippen molar-refractivity contribution in [3.05, 3.63) is 112 Å². The van der Waals surface area contributed by atoms with Gasteiger partial charge in [-0.1, -0.05) is 91.9 Å². The molecule has 0 saturated carbocycles. The Morgan fingerprint density at radius 2 is 1.63 bits per heavy atom. The number of carbonyl (C=O) groups excluding carboxylic acids is 2. The molecule has 38 heavy (non-hydrogen) atoms. The predicted octanol–water partition coefficient (Wildman–Crippen LogP) is 6.46. The summed E-state index contributed by atoms with van der Waals surface area (Å²) in [4.78, 5) is 28.9. The Kier molecular flexibility index (Phi) is 9.55. The van der Waals surface area contributed by atoms with Gasteiger partial charge in [0.05, 0.1) is 4.47 Å². The van der Waals surface area contributed by atoms with E-state index in [0.29, 0.717) is 25.3 Å². The maximum Gasteiger partial charge on any atom is 0.261 e. The van der Waals surface area contributed by atoms with Gasteiger partial charge in [0, 0.05) is 19.5 Å². The van der Waals surface area contributed by atoms with Crippen LogP contribution in [-0.4, -0.2) is 35.9 Å². The molecule has 4 aromatic rings. The maximum atomic E-state index is 13.8. The summed E-state index contributed by atoms with van der Waals surface area (Å²) in [7, 11) is 0. The third-order valence-electron chi connectivity index (χ3n) is 6.60. The number of nitrogens with zero attached hydrogens (tertiary/aromatic N) is 1. The van der Waals surface area contributed by atoms with E-state index in [1.54, 1.807) is 4.90 Å². The third kappa shape index (κ3) is 6.81. The first-order valence-electron chi connectivity index (χ1n) is 12.9. The van der Waals surface area contributed by atoms with E-state index in [1.165, 1.54) is 0 Å².